The lowest BCUT2D eigenvalue weighted by Crippen LogP contribution is -2.33. The molecule has 3 unspecified atom stereocenters. The predicted molar refractivity (Wildman–Crippen MR) is 113 cm³/mol. The first-order valence-corrected chi connectivity index (χ1v) is 9.87. The summed E-state index contributed by atoms with van der Waals surface area (Å²) in [4.78, 5) is 0. The lowest BCUT2D eigenvalue weighted by molar-refractivity contribution is -0.113. The van der Waals surface area contributed by atoms with E-state index in [9.17, 15) is 10.2 Å². The van der Waals surface area contributed by atoms with E-state index in [0.717, 1.165) is 27.8 Å². The second-order valence-corrected chi connectivity index (χ2v) is 7.70. The number of allylic oxidation sites excluding steroid dienone is 2. The molecule has 1 aliphatic rings. The van der Waals surface area contributed by atoms with Crippen molar-refractivity contribution in [3.63, 3.8) is 0 Å². The minimum absolute atomic E-state index is 0.0911. The van der Waals surface area contributed by atoms with E-state index in [-0.39, 0.29) is 18.8 Å². The van der Waals surface area contributed by atoms with E-state index in [0.29, 0.717) is 24.3 Å². The van der Waals surface area contributed by atoms with Crippen molar-refractivity contribution in [2.45, 2.75) is 44.5 Å². The van der Waals surface area contributed by atoms with Gasteiger partial charge in [-0.1, -0.05) is 48.0 Å². The molecular weight excluding hydrogens is 374 g/mol. The summed E-state index contributed by atoms with van der Waals surface area (Å²) in [6.07, 6.45) is 3.69. The number of ether oxygens (including phenoxy) is 1. The summed E-state index contributed by atoms with van der Waals surface area (Å²) < 4.78 is 5.92. The fourth-order valence-electron chi connectivity index (χ4n) is 3.58. The molecular formula is C23H26ClNO3. The number of rotatable bonds is 6. The summed E-state index contributed by atoms with van der Waals surface area (Å²) in [6, 6.07) is 14.1. The highest BCUT2D eigenvalue weighted by molar-refractivity contribution is 6.31. The number of nitrogens with one attached hydrogen (secondary N) is 1. The van der Waals surface area contributed by atoms with Crippen LogP contribution in [0, 0.1) is 5.41 Å². The van der Waals surface area contributed by atoms with Crippen molar-refractivity contribution in [1.29, 1.82) is 5.41 Å². The number of halogens is 1. The molecule has 2 aromatic carbocycles. The standard InChI is InChI=1S/C23H26ClNO3/c1-15(8-9-25)17-4-2-16(3-5-17)10-19-11-18(6-7-22(19)24)23-13-20(27)12-21(14-26)28-23/h2-9,11,20-21,23,25-27H,10,12-14H2,1H3/b15-8+,25-9?. The van der Waals surface area contributed by atoms with Crippen LogP contribution in [0.3, 0.4) is 0 Å². The summed E-state index contributed by atoms with van der Waals surface area (Å²) in [6.45, 7) is 1.89. The maximum atomic E-state index is 10.1. The van der Waals surface area contributed by atoms with Crippen LogP contribution < -0.4 is 0 Å². The molecule has 3 atom stereocenters. The van der Waals surface area contributed by atoms with E-state index in [4.69, 9.17) is 21.7 Å². The van der Waals surface area contributed by atoms with Gasteiger partial charge in [0.25, 0.3) is 0 Å². The van der Waals surface area contributed by atoms with Crippen LogP contribution in [0.1, 0.15) is 48.1 Å². The van der Waals surface area contributed by atoms with E-state index < -0.39 is 6.10 Å². The van der Waals surface area contributed by atoms with Gasteiger partial charge in [-0.05, 0) is 53.3 Å². The molecule has 0 aliphatic carbocycles. The van der Waals surface area contributed by atoms with Gasteiger partial charge >= 0.3 is 0 Å². The Morgan fingerprint density at radius 3 is 2.64 bits per heavy atom. The third-order valence-corrected chi connectivity index (χ3v) is 5.53. The Labute approximate surface area is 170 Å². The van der Waals surface area contributed by atoms with E-state index in [1.807, 2.05) is 25.1 Å². The van der Waals surface area contributed by atoms with Gasteiger partial charge in [-0.25, -0.2) is 0 Å². The highest BCUT2D eigenvalue weighted by atomic mass is 35.5. The molecule has 0 radical (unpaired) electrons. The highest BCUT2D eigenvalue weighted by Crippen LogP contribution is 2.33. The Hall–Kier alpha value is -1.98. The summed E-state index contributed by atoms with van der Waals surface area (Å²) in [5, 5.41) is 27.3. The van der Waals surface area contributed by atoms with Gasteiger partial charge in [0.05, 0.1) is 24.9 Å². The average molecular weight is 400 g/mol. The van der Waals surface area contributed by atoms with Gasteiger partial charge in [0.2, 0.25) is 0 Å². The molecule has 0 amide bonds. The fourth-order valence-corrected chi connectivity index (χ4v) is 3.76. The molecule has 0 spiro atoms. The van der Waals surface area contributed by atoms with Crippen LogP contribution in [0.4, 0.5) is 0 Å². The van der Waals surface area contributed by atoms with Gasteiger partial charge in [0, 0.05) is 24.1 Å². The number of aliphatic hydroxyl groups is 2. The van der Waals surface area contributed by atoms with E-state index in [2.05, 4.69) is 24.3 Å². The third-order valence-electron chi connectivity index (χ3n) is 5.16. The number of hydrogen-bond acceptors (Lipinski definition) is 4. The summed E-state index contributed by atoms with van der Waals surface area (Å²) >= 11 is 6.43. The smallest absolute Gasteiger partial charge is 0.0854 e. The quantitative estimate of drug-likeness (QED) is 0.623. The zero-order valence-electron chi connectivity index (χ0n) is 15.9. The van der Waals surface area contributed by atoms with Crippen molar-refractivity contribution in [1.82, 2.24) is 0 Å². The first-order valence-electron chi connectivity index (χ1n) is 9.49. The van der Waals surface area contributed by atoms with E-state index in [1.165, 1.54) is 6.21 Å². The molecule has 1 aliphatic heterocycles. The van der Waals surface area contributed by atoms with Gasteiger partial charge in [-0.3, -0.25) is 0 Å². The topological polar surface area (TPSA) is 73.5 Å². The van der Waals surface area contributed by atoms with Crippen LogP contribution in [0.5, 0.6) is 0 Å². The highest BCUT2D eigenvalue weighted by Gasteiger charge is 2.29. The second kappa shape index (κ2) is 9.48. The van der Waals surface area contributed by atoms with Crippen molar-refractivity contribution in [2.75, 3.05) is 6.61 Å². The molecule has 5 heteroatoms. The Morgan fingerprint density at radius 2 is 1.96 bits per heavy atom. The van der Waals surface area contributed by atoms with E-state index >= 15 is 0 Å². The van der Waals surface area contributed by atoms with Crippen molar-refractivity contribution < 1.29 is 14.9 Å². The summed E-state index contributed by atoms with van der Waals surface area (Å²) in [7, 11) is 0. The number of hydrogen-bond donors (Lipinski definition) is 3. The molecule has 1 heterocycles. The Balaban J connectivity index is 1.78. The SMILES string of the molecule is C/C(=C\C=N)c1ccc(Cc2cc(C3CC(O)CC(CO)O3)ccc2Cl)cc1. The fraction of sp³-hybridized carbons (Fsp3) is 0.348. The van der Waals surface area contributed by atoms with Crippen LogP contribution in [0.2, 0.25) is 5.02 Å². The molecule has 0 saturated carbocycles. The molecule has 28 heavy (non-hydrogen) atoms. The predicted octanol–water partition coefficient (Wildman–Crippen LogP) is 4.56. The molecule has 4 nitrogen and oxygen atoms in total. The van der Waals surface area contributed by atoms with Crippen molar-refractivity contribution >= 4 is 23.4 Å². The van der Waals surface area contributed by atoms with Gasteiger partial charge in [0.1, 0.15) is 0 Å². The molecule has 0 aromatic heterocycles. The van der Waals surface area contributed by atoms with Crippen LogP contribution in [-0.4, -0.2) is 35.2 Å². The number of aliphatic hydroxyl groups excluding tert-OH is 2. The summed E-state index contributed by atoms with van der Waals surface area (Å²) in [5.74, 6) is 0. The van der Waals surface area contributed by atoms with Crippen molar-refractivity contribution in [3.05, 3.63) is 75.8 Å². The minimum Gasteiger partial charge on any atom is -0.394 e. The third kappa shape index (κ3) is 5.09. The molecule has 3 N–H and O–H groups in total. The van der Waals surface area contributed by atoms with Crippen LogP contribution in [-0.2, 0) is 11.2 Å². The first-order chi connectivity index (χ1) is 13.5. The minimum atomic E-state index is -0.472. The Kier molecular flexibility index (Phi) is 7.03. The van der Waals surface area contributed by atoms with Crippen LogP contribution >= 0.6 is 11.6 Å². The normalized spacial score (nSPS) is 22.9. The van der Waals surface area contributed by atoms with Crippen molar-refractivity contribution in [3.8, 4) is 0 Å². The van der Waals surface area contributed by atoms with Crippen LogP contribution in [0.25, 0.3) is 5.57 Å². The molecule has 0 bridgehead atoms. The van der Waals surface area contributed by atoms with Gasteiger partial charge in [-0.2, -0.15) is 0 Å². The maximum absolute atomic E-state index is 10.1. The number of benzene rings is 2. The molecule has 2 aromatic rings. The molecule has 148 valence electrons. The van der Waals surface area contributed by atoms with E-state index in [1.54, 1.807) is 6.08 Å². The zero-order valence-corrected chi connectivity index (χ0v) is 16.7. The van der Waals surface area contributed by atoms with Gasteiger partial charge < -0.3 is 20.4 Å². The zero-order chi connectivity index (χ0) is 20.1. The van der Waals surface area contributed by atoms with Gasteiger partial charge in [0.15, 0.2) is 0 Å². The maximum Gasteiger partial charge on any atom is 0.0854 e. The Morgan fingerprint density at radius 1 is 1.21 bits per heavy atom. The molecule has 1 fully saturated rings. The first kappa shape index (κ1) is 20.7. The lowest BCUT2D eigenvalue weighted by Gasteiger charge is -2.32. The molecule has 1 saturated heterocycles. The monoisotopic (exact) mass is 399 g/mol. The summed E-state index contributed by atoms with van der Waals surface area (Å²) in [5.41, 5.74) is 5.25. The van der Waals surface area contributed by atoms with Crippen molar-refractivity contribution in [2.24, 2.45) is 0 Å². The average Bonchev–Trinajstić information content (AvgIpc) is 2.70. The second-order valence-electron chi connectivity index (χ2n) is 7.30. The van der Waals surface area contributed by atoms with Crippen LogP contribution in [0.15, 0.2) is 48.5 Å². The largest absolute Gasteiger partial charge is 0.394 e. The lowest BCUT2D eigenvalue weighted by atomic mass is 9.93. The van der Waals surface area contributed by atoms with Gasteiger partial charge in [-0.15, -0.1) is 0 Å². The molecule has 3 rings (SSSR count). The Bertz CT molecular complexity index is 847.